The van der Waals surface area contributed by atoms with E-state index in [1.807, 2.05) is 24.3 Å². The summed E-state index contributed by atoms with van der Waals surface area (Å²) in [6.07, 6.45) is -1.98. The van der Waals surface area contributed by atoms with E-state index >= 15 is 0 Å². The number of rotatable bonds is 9. The van der Waals surface area contributed by atoms with Gasteiger partial charge in [0.2, 0.25) is 12.5 Å². The van der Waals surface area contributed by atoms with Crippen molar-refractivity contribution in [2.75, 3.05) is 41.1 Å². The van der Waals surface area contributed by atoms with Crippen molar-refractivity contribution < 1.29 is 54.5 Å². The van der Waals surface area contributed by atoms with Gasteiger partial charge >= 0.3 is 5.13 Å². The van der Waals surface area contributed by atoms with Crippen LogP contribution < -0.4 is 36.0 Å². The van der Waals surface area contributed by atoms with Crippen molar-refractivity contribution in [3.8, 4) is 39.5 Å². The summed E-state index contributed by atoms with van der Waals surface area (Å²) in [6.45, 7) is 1.57. The number of hydrogen-bond donors (Lipinski definition) is 1. The Morgan fingerprint density at radius 1 is 1.22 bits per heavy atom. The normalized spacial score (nSPS) is 12.0. The van der Waals surface area contributed by atoms with Gasteiger partial charge in [0.15, 0.2) is 22.5 Å². The summed E-state index contributed by atoms with van der Waals surface area (Å²) < 4.78 is 44.6. The van der Waals surface area contributed by atoms with Crippen LogP contribution >= 0.6 is 22.9 Å². The molecule has 1 aliphatic rings. The van der Waals surface area contributed by atoms with E-state index in [-0.39, 0.29) is 33.2 Å². The quantitative estimate of drug-likeness (QED) is 0.0932. The molecule has 0 saturated carbocycles. The fourth-order valence-corrected chi connectivity index (χ4v) is 4.78. The molecule has 17 heteroatoms. The van der Waals surface area contributed by atoms with Crippen LogP contribution in [-0.4, -0.2) is 70.8 Å². The summed E-state index contributed by atoms with van der Waals surface area (Å²) in [5.41, 5.74) is 0.713. The lowest BCUT2D eigenvalue weighted by Gasteiger charge is -2.23. The molecule has 0 amide bonds. The van der Waals surface area contributed by atoms with Crippen molar-refractivity contribution in [3.63, 3.8) is 0 Å². The highest BCUT2D eigenvalue weighted by Crippen LogP contribution is 2.36. The second-order valence-electron chi connectivity index (χ2n) is 9.39. The Bertz CT molecular complexity index is 1490. The van der Waals surface area contributed by atoms with Gasteiger partial charge in [-0.3, -0.25) is 0 Å². The zero-order valence-electron chi connectivity index (χ0n) is 22.1. The van der Waals surface area contributed by atoms with Gasteiger partial charge in [-0.25, -0.2) is 8.78 Å². The minimum absolute atomic E-state index is 0. The molecule has 2 aromatic heterocycles. The predicted octanol–water partition coefficient (Wildman–Crippen LogP) is 1.61. The second kappa shape index (κ2) is 13.9. The monoisotopic (exact) mass is 676 g/mol. The second-order valence-corrected chi connectivity index (χ2v) is 11.0. The van der Waals surface area contributed by atoms with Crippen LogP contribution in [0.3, 0.4) is 0 Å². The van der Waals surface area contributed by atoms with Crippen LogP contribution in [0.5, 0.6) is 17.2 Å². The number of hydrogen-bond acceptors (Lipinski definition) is 9. The lowest BCUT2D eigenvalue weighted by Crippen LogP contribution is -3.00. The number of fused-ring (bicyclic) bond motifs is 1. The first-order valence-electron chi connectivity index (χ1n) is 11.8. The minimum Gasteiger partial charge on any atom is -1.00 e. The van der Waals surface area contributed by atoms with Crippen LogP contribution in [0.2, 0.25) is 4.34 Å². The van der Waals surface area contributed by atoms with Crippen molar-refractivity contribution >= 4 is 22.9 Å². The molecule has 0 bridgehead atoms. The SMILES string of the molecule is C[N+](C)(C)CCCOc1ccccc1-n1nc(-c2ccc3c(c2)OCO3)n[n+]1-c1nc(C(F)F)c(Cl)s1.O=NO.[Br-]. The molecule has 0 fully saturated rings. The molecule has 0 unspecified atom stereocenters. The molecule has 220 valence electrons. The number of para-hydroxylation sites is 2. The summed E-state index contributed by atoms with van der Waals surface area (Å²) in [7, 11) is 6.37. The summed E-state index contributed by atoms with van der Waals surface area (Å²) in [6, 6.07) is 12.7. The van der Waals surface area contributed by atoms with E-state index < -0.39 is 12.1 Å². The molecule has 2 aromatic carbocycles. The Hall–Kier alpha value is -3.47. The van der Waals surface area contributed by atoms with E-state index in [4.69, 9.17) is 35.9 Å². The third-order valence-electron chi connectivity index (χ3n) is 5.48. The van der Waals surface area contributed by atoms with E-state index in [1.165, 1.54) is 14.9 Å². The molecule has 1 aliphatic heterocycles. The Balaban J connectivity index is 0.00000111. The van der Waals surface area contributed by atoms with E-state index in [0.717, 1.165) is 28.8 Å². The van der Waals surface area contributed by atoms with Gasteiger partial charge in [0.1, 0.15) is 10.1 Å². The number of aromatic nitrogens is 5. The van der Waals surface area contributed by atoms with Crippen molar-refractivity contribution in [1.29, 1.82) is 0 Å². The van der Waals surface area contributed by atoms with Crippen LogP contribution in [0.1, 0.15) is 18.5 Å². The summed E-state index contributed by atoms with van der Waals surface area (Å²) in [5, 5.41) is 17.3. The molecule has 0 spiro atoms. The van der Waals surface area contributed by atoms with Crippen LogP contribution in [0.4, 0.5) is 8.78 Å². The molecule has 0 radical (unpaired) electrons. The zero-order chi connectivity index (χ0) is 28.9. The average Bonchev–Trinajstić information content (AvgIpc) is 3.64. The van der Waals surface area contributed by atoms with Gasteiger partial charge in [0.25, 0.3) is 12.2 Å². The third-order valence-corrected chi connectivity index (χ3v) is 6.73. The van der Waals surface area contributed by atoms with Crippen molar-refractivity contribution in [1.82, 2.24) is 20.0 Å². The maximum absolute atomic E-state index is 13.5. The molecular formula is C24H26BrClF2N7O5S+. The van der Waals surface area contributed by atoms with Crippen LogP contribution in [0, 0.1) is 4.91 Å². The Morgan fingerprint density at radius 3 is 2.61 bits per heavy atom. The first-order chi connectivity index (χ1) is 19.1. The Kier molecular flexibility index (Phi) is 10.9. The summed E-state index contributed by atoms with van der Waals surface area (Å²) in [4.78, 5) is 15.0. The minimum atomic E-state index is -2.82. The summed E-state index contributed by atoms with van der Waals surface area (Å²) >= 11 is 6.97. The van der Waals surface area contributed by atoms with Gasteiger partial charge in [-0.05, 0) is 56.4 Å². The molecule has 41 heavy (non-hydrogen) atoms. The predicted molar refractivity (Wildman–Crippen MR) is 141 cm³/mol. The largest absolute Gasteiger partial charge is 1.00 e. The highest BCUT2D eigenvalue weighted by Gasteiger charge is 2.31. The standard InChI is InChI=1S/C24H25ClF2N6O3S.BrH.HNO2/c1-33(2,3)11-6-12-34-17-8-5-4-7-16(17)31-29-23(15-9-10-18-19(13-15)36-14-35-18)30-32(31)24-28-20(22(26)27)21(25)37-24;;2-1-3/h4-5,7-10,13,22H,6,11-12,14H2,1-3H3;1H;(H,2,3)/q+2;;/p-1. The highest BCUT2D eigenvalue weighted by atomic mass is 79.9. The molecule has 0 aliphatic carbocycles. The van der Waals surface area contributed by atoms with Gasteiger partial charge in [0, 0.05) is 17.1 Å². The first-order valence-corrected chi connectivity index (χ1v) is 13.0. The third kappa shape index (κ3) is 7.84. The van der Waals surface area contributed by atoms with Crippen molar-refractivity contribution in [2.45, 2.75) is 12.8 Å². The molecule has 3 heterocycles. The molecule has 1 N–H and O–H groups in total. The molecule has 5 rings (SSSR count). The van der Waals surface area contributed by atoms with E-state index in [0.29, 0.717) is 40.9 Å². The molecule has 0 atom stereocenters. The molecular weight excluding hydrogens is 652 g/mol. The van der Waals surface area contributed by atoms with Gasteiger partial charge in [0.05, 0.1) is 34.3 Å². The number of alkyl halides is 2. The number of thiazole rings is 1. The maximum atomic E-state index is 13.5. The first kappa shape index (κ1) is 32.0. The number of halogens is 4. The van der Waals surface area contributed by atoms with E-state index in [9.17, 15) is 8.78 Å². The Morgan fingerprint density at radius 2 is 1.93 bits per heavy atom. The van der Waals surface area contributed by atoms with Gasteiger partial charge in [-0.15, -0.1) is 4.91 Å². The Labute approximate surface area is 252 Å². The lowest BCUT2D eigenvalue weighted by molar-refractivity contribution is -0.870. The number of nitrogens with zero attached hydrogens (tertiary/aromatic N) is 7. The smallest absolute Gasteiger partial charge is 0.366 e. The lowest BCUT2D eigenvalue weighted by atomic mass is 10.2. The maximum Gasteiger partial charge on any atom is 0.366 e. The highest BCUT2D eigenvalue weighted by molar-refractivity contribution is 7.17. The van der Waals surface area contributed by atoms with Crippen LogP contribution in [0.15, 0.2) is 47.8 Å². The number of tetrazole rings is 1. The fraction of sp³-hybridized carbons (Fsp3) is 0.333. The topological polar surface area (TPSA) is 125 Å². The van der Waals surface area contributed by atoms with Crippen molar-refractivity contribution in [2.24, 2.45) is 5.34 Å². The fourth-order valence-electron chi connectivity index (χ4n) is 3.70. The molecule has 0 saturated heterocycles. The molecule has 12 nitrogen and oxygen atoms in total. The van der Waals surface area contributed by atoms with Gasteiger partial charge in [-0.1, -0.05) is 28.7 Å². The summed E-state index contributed by atoms with van der Waals surface area (Å²) in [5.74, 6) is 2.08. The van der Waals surface area contributed by atoms with Crippen LogP contribution in [0.25, 0.3) is 22.2 Å². The van der Waals surface area contributed by atoms with E-state index in [2.05, 4.69) is 36.3 Å². The van der Waals surface area contributed by atoms with E-state index in [1.54, 1.807) is 18.2 Å². The number of benzene rings is 2. The zero-order valence-corrected chi connectivity index (χ0v) is 25.2. The van der Waals surface area contributed by atoms with Gasteiger partial charge in [-0.2, -0.15) is 0 Å². The number of ether oxygens (including phenoxy) is 3. The molecule has 4 aromatic rings. The van der Waals surface area contributed by atoms with Crippen molar-refractivity contribution in [3.05, 3.63) is 57.4 Å². The number of quaternary nitrogens is 1. The average molecular weight is 678 g/mol. The van der Waals surface area contributed by atoms with Crippen LogP contribution in [-0.2, 0) is 0 Å². The van der Waals surface area contributed by atoms with Gasteiger partial charge < -0.3 is 40.9 Å².